The minimum absolute atomic E-state index is 0.465. The van der Waals surface area contributed by atoms with Crippen molar-refractivity contribution < 1.29 is 9.47 Å². The molecule has 0 fully saturated rings. The number of hydrogen-bond donors (Lipinski definition) is 1. The average Bonchev–Trinajstić information content (AvgIpc) is 2.67. The monoisotopic (exact) mass is 479 g/mol. The van der Waals surface area contributed by atoms with Gasteiger partial charge in [-0.1, -0.05) is 53.0 Å². The second-order valence-electron chi connectivity index (χ2n) is 6.36. The van der Waals surface area contributed by atoms with Gasteiger partial charge >= 0.3 is 0 Å². The fourth-order valence-electron chi connectivity index (χ4n) is 2.80. The molecule has 0 radical (unpaired) electrons. The van der Waals surface area contributed by atoms with E-state index in [1.807, 2.05) is 24.3 Å². The van der Waals surface area contributed by atoms with E-state index in [0.29, 0.717) is 34.7 Å². The molecule has 0 aliphatic heterocycles. The third kappa shape index (κ3) is 5.34. The number of halogens is 3. The normalized spacial score (nSPS) is 10.6. The molecule has 0 spiro atoms. The first-order chi connectivity index (χ1) is 13.5. The van der Waals surface area contributed by atoms with Gasteiger partial charge in [0.2, 0.25) is 0 Å². The molecule has 3 nitrogen and oxygen atoms in total. The number of ether oxygens (including phenoxy) is 2. The fourth-order valence-corrected chi connectivity index (χ4v) is 3.76. The molecule has 0 heterocycles. The predicted octanol–water partition coefficient (Wildman–Crippen LogP) is 7.26. The highest BCUT2D eigenvalue weighted by atomic mass is 79.9. The van der Waals surface area contributed by atoms with Gasteiger partial charge in [0.15, 0.2) is 11.5 Å². The molecule has 3 rings (SSSR count). The molecule has 0 saturated heterocycles. The van der Waals surface area contributed by atoms with Gasteiger partial charge in [-0.25, -0.2) is 0 Å². The molecular formula is C22H20BrCl2NO2. The van der Waals surface area contributed by atoms with E-state index < -0.39 is 0 Å². The quantitative estimate of drug-likeness (QED) is 0.385. The maximum absolute atomic E-state index is 6.21. The van der Waals surface area contributed by atoms with Crippen molar-refractivity contribution >= 4 is 44.8 Å². The zero-order chi connectivity index (χ0) is 20.1. The van der Waals surface area contributed by atoms with Crippen LogP contribution in [-0.2, 0) is 13.2 Å². The molecule has 0 aliphatic carbocycles. The lowest BCUT2D eigenvalue weighted by molar-refractivity contribution is 0.282. The van der Waals surface area contributed by atoms with Crippen molar-refractivity contribution in [2.24, 2.45) is 0 Å². The van der Waals surface area contributed by atoms with Crippen LogP contribution in [0, 0.1) is 6.92 Å². The van der Waals surface area contributed by atoms with E-state index in [9.17, 15) is 0 Å². The molecule has 0 bridgehead atoms. The summed E-state index contributed by atoms with van der Waals surface area (Å²) in [5.74, 6) is 1.34. The van der Waals surface area contributed by atoms with Gasteiger partial charge in [0.1, 0.15) is 6.61 Å². The number of aryl methyl sites for hydroxylation is 1. The number of anilines is 1. The first-order valence-electron chi connectivity index (χ1n) is 8.70. The Hall–Kier alpha value is -1.88. The molecule has 0 atom stereocenters. The van der Waals surface area contributed by atoms with Gasteiger partial charge in [-0.2, -0.15) is 0 Å². The molecule has 1 N–H and O–H groups in total. The second-order valence-corrected chi connectivity index (χ2v) is 8.06. The maximum Gasteiger partial charge on any atom is 0.175 e. The van der Waals surface area contributed by atoms with Crippen molar-refractivity contribution in [3.8, 4) is 11.5 Å². The Balaban J connectivity index is 1.74. The summed E-state index contributed by atoms with van der Waals surface area (Å²) in [7, 11) is 1.63. The Labute approximate surface area is 183 Å². The van der Waals surface area contributed by atoms with E-state index in [1.165, 1.54) is 5.56 Å². The SMILES string of the molecule is COc1cc(CNc2cc(Cl)ccc2Cl)cc(Br)c1OCc1cccc(C)c1. The molecule has 0 aromatic heterocycles. The predicted molar refractivity (Wildman–Crippen MR) is 120 cm³/mol. The summed E-state index contributed by atoms with van der Waals surface area (Å²) < 4.78 is 12.4. The summed E-state index contributed by atoms with van der Waals surface area (Å²) in [6.45, 7) is 3.09. The number of hydrogen-bond acceptors (Lipinski definition) is 3. The molecule has 3 aromatic carbocycles. The van der Waals surface area contributed by atoms with Gasteiger partial charge < -0.3 is 14.8 Å². The fraction of sp³-hybridized carbons (Fsp3) is 0.182. The summed E-state index contributed by atoms with van der Waals surface area (Å²) in [5, 5.41) is 4.55. The Morgan fingerprint density at radius 3 is 2.57 bits per heavy atom. The first kappa shape index (κ1) is 20.8. The summed E-state index contributed by atoms with van der Waals surface area (Å²) in [5.41, 5.74) is 4.11. The molecule has 3 aromatic rings. The third-order valence-electron chi connectivity index (χ3n) is 4.17. The zero-order valence-electron chi connectivity index (χ0n) is 15.6. The Morgan fingerprint density at radius 1 is 1.00 bits per heavy atom. The highest BCUT2D eigenvalue weighted by molar-refractivity contribution is 9.10. The van der Waals surface area contributed by atoms with Crippen molar-refractivity contribution in [3.63, 3.8) is 0 Å². The molecule has 0 unspecified atom stereocenters. The van der Waals surface area contributed by atoms with Crippen LogP contribution in [0.15, 0.2) is 59.1 Å². The van der Waals surface area contributed by atoms with Crippen molar-refractivity contribution in [2.45, 2.75) is 20.1 Å². The van der Waals surface area contributed by atoms with Crippen LogP contribution in [0.2, 0.25) is 10.0 Å². The van der Waals surface area contributed by atoms with Crippen LogP contribution >= 0.6 is 39.1 Å². The lowest BCUT2D eigenvalue weighted by Gasteiger charge is -2.16. The van der Waals surface area contributed by atoms with Gasteiger partial charge in [0.25, 0.3) is 0 Å². The van der Waals surface area contributed by atoms with Crippen LogP contribution in [0.4, 0.5) is 5.69 Å². The van der Waals surface area contributed by atoms with Crippen molar-refractivity contribution in [2.75, 3.05) is 12.4 Å². The van der Waals surface area contributed by atoms with E-state index in [-0.39, 0.29) is 0 Å². The molecule has 28 heavy (non-hydrogen) atoms. The van der Waals surface area contributed by atoms with Crippen LogP contribution < -0.4 is 14.8 Å². The van der Waals surface area contributed by atoms with E-state index in [1.54, 1.807) is 25.3 Å². The van der Waals surface area contributed by atoms with Crippen molar-refractivity contribution in [1.82, 2.24) is 0 Å². The number of rotatable bonds is 7. The molecular weight excluding hydrogens is 461 g/mol. The van der Waals surface area contributed by atoms with Crippen LogP contribution in [0.1, 0.15) is 16.7 Å². The van der Waals surface area contributed by atoms with Crippen LogP contribution in [0.25, 0.3) is 0 Å². The third-order valence-corrected chi connectivity index (χ3v) is 5.32. The molecule has 6 heteroatoms. The molecule has 0 amide bonds. The Kier molecular flexibility index (Phi) is 7.11. The maximum atomic E-state index is 6.21. The van der Waals surface area contributed by atoms with Crippen LogP contribution in [0.5, 0.6) is 11.5 Å². The van der Waals surface area contributed by atoms with Crippen LogP contribution in [0.3, 0.4) is 0 Å². The van der Waals surface area contributed by atoms with E-state index >= 15 is 0 Å². The topological polar surface area (TPSA) is 30.5 Å². The van der Waals surface area contributed by atoms with Gasteiger partial charge in [-0.3, -0.25) is 0 Å². The summed E-state index contributed by atoms with van der Waals surface area (Å²) in [6.07, 6.45) is 0. The largest absolute Gasteiger partial charge is 0.493 e. The summed E-state index contributed by atoms with van der Waals surface area (Å²) in [6, 6.07) is 17.5. The van der Waals surface area contributed by atoms with Gasteiger partial charge in [-0.15, -0.1) is 0 Å². The molecule has 0 saturated carbocycles. The lowest BCUT2D eigenvalue weighted by Crippen LogP contribution is -2.03. The van der Waals surface area contributed by atoms with Crippen LogP contribution in [-0.4, -0.2) is 7.11 Å². The smallest absolute Gasteiger partial charge is 0.175 e. The molecule has 0 aliphatic rings. The van der Waals surface area contributed by atoms with E-state index in [2.05, 4.69) is 40.3 Å². The number of benzene rings is 3. The van der Waals surface area contributed by atoms with E-state index in [4.69, 9.17) is 32.7 Å². The van der Waals surface area contributed by atoms with Crippen molar-refractivity contribution in [1.29, 1.82) is 0 Å². The molecule has 146 valence electrons. The second kappa shape index (κ2) is 9.55. The minimum atomic E-state index is 0.465. The first-order valence-corrected chi connectivity index (χ1v) is 10.2. The van der Waals surface area contributed by atoms with Gasteiger partial charge in [0, 0.05) is 11.6 Å². The minimum Gasteiger partial charge on any atom is -0.493 e. The Morgan fingerprint density at radius 2 is 1.82 bits per heavy atom. The average molecular weight is 481 g/mol. The summed E-state index contributed by atoms with van der Waals surface area (Å²) >= 11 is 15.9. The standard InChI is InChI=1S/C22H20BrCl2NO2/c1-14-4-3-5-15(8-14)13-28-22-18(23)9-16(10-21(22)27-2)12-26-20-11-17(24)6-7-19(20)25/h3-11,26H,12-13H2,1-2H3. The number of methoxy groups -OCH3 is 1. The zero-order valence-corrected chi connectivity index (χ0v) is 18.7. The van der Waals surface area contributed by atoms with Gasteiger partial charge in [0.05, 0.1) is 22.3 Å². The number of nitrogens with one attached hydrogen (secondary N) is 1. The van der Waals surface area contributed by atoms with Crippen molar-refractivity contribution in [3.05, 3.63) is 85.8 Å². The Bertz CT molecular complexity index is 979. The lowest BCUT2D eigenvalue weighted by atomic mass is 10.1. The highest BCUT2D eigenvalue weighted by Gasteiger charge is 2.13. The van der Waals surface area contributed by atoms with E-state index in [0.717, 1.165) is 21.3 Å². The highest BCUT2D eigenvalue weighted by Crippen LogP contribution is 2.37. The van der Waals surface area contributed by atoms with Gasteiger partial charge in [-0.05, 0) is 64.3 Å². The summed E-state index contributed by atoms with van der Waals surface area (Å²) in [4.78, 5) is 0.